The molecule has 0 N–H and O–H groups in total. The van der Waals surface area contributed by atoms with Crippen LogP contribution in [0.3, 0.4) is 0 Å². The highest BCUT2D eigenvalue weighted by atomic mass is 32.1. The molecule has 0 aliphatic rings. The van der Waals surface area contributed by atoms with Gasteiger partial charge in [0.25, 0.3) is 0 Å². The predicted molar refractivity (Wildman–Crippen MR) is 101 cm³/mol. The van der Waals surface area contributed by atoms with E-state index in [1.807, 2.05) is 20.8 Å². The van der Waals surface area contributed by atoms with Gasteiger partial charge in [-0.3, -0.25) is 4.79 Å². The molecule has 0 fully saturated rings. The minimum absolute atomic E-state index is 0.0825. The molecule has 0 radical (unpaired) electrons. The first kappa shape index (κ1) is 23.0. The van der Waals surface area contributed by atoms with Crippen LogP contribution in [0.15, 0.2) is 0 Å². The highest BCUT2D eigenvalue weighted by Crippen LogP contribution is 2.18. The van der Waals surface area contributed by atoms with Gasteiger partial charge in [0.1, 0.15) is 0 Å². The fraction of sp³-hybridized carbons (Fsp3) is 0.867. The van der Waals surface area contributed by atoms with Gasteiger partial charge in [-0.2, -0.15) is 0 Å². The van der Waals surface area contributed by atoms with E-state index in [0.29, 0.717) is 44.3 Å². The molecule has 5 nitrogen and oxygen atoms in total. The van der Waals surface area contributed by atoms with Gasteiger partial charge in [0.2, 0.25) is 0 Å². The smallest absolute Gasteiger partial charge is 0.487 e. The molecular weight excluding hydrogens is 352 g/mol. The first-order valence-electron chi connectivity index (χ1n) is 8.29. The zero-order valence-corrected chi connectivity index (χ0v) is 17.2. The van der Waals surface area contributed by atoms with E-state index in [1.165, 1.54) is 0 Å². The Balaban J connectivity index is 3.99. The summed E-state index contributed by atoms with van der Waals surface area (Å²) in [7, 11) is -2.58. The molecule has 0 aromatic carbocycles. The molecule has 136 valence electrons. The minimum atomic E-state index is -2.58. The normalized spacial score (nSPS) is 11.5. The first-order valence-corrected chi connectivity index (χ1v) is 11.1. The number of hydrogen-bond donors (Lipinski definition) is 1. The van der Waals surface area contributed by atoms with Gasteiger partial charge in [-0.25, -0.2) is 0 Å². The van der Waals surface area contributed by atoms with E-state index in [2.05, 4.69) is 12.6 Å². The first-order chi connectivity index (χ1) is 11.0. The average Bonchev–Trinajstić information content (AvgIpc) is 2.49. The van der Waals surface area contributed by atoms with E-state index in [-0.39, 0.29) is 5.12 Å². The lowest BCUT2D eigenvalue weighted by atomic mass is 10.2. The van der Waals surface area contributed by atoms with Gasteiger partial charge in [-0.15, -0.1) is 12.6 Å². The Hall–Kier alpha value is 0.00688. The zero-order valence-electron chi connectivity index (χ0n) is 14.5. The van der Waals surface area contributed by atoms with Crippen LogP contribution in [-0.4, -0.2) is 45.4 Å². The molecule has 0 atom stereocenters. The van der Waals surface area contributed by atoms with Crippen molar-refractivity contribution >= 4 is 43.8 Å². The largest absolute Gasteiger partial charge is 0.501 e. The van der Waals surface area contributed by atoms with Crippen LogP contribution >= 0.6 is 24.8 Å². The van der Waals surface area contributed by atoms with Crippen molar-refractivity contribution in [3.8, 4) is 0 Å². The zero-order chi connectivity index (χ0) is 17.6. The van der Waals surface area contributed by atoms with Crippen molar-refractivity contribution in [3.05, 3.63) is 0 Å². The van der Waals surface area contributed by atoms with Crippen molar-refractivity contribution in [3.63, 3.8) is 0 Å². The summed E-state index contributed by atoms with van der Waals surface area (Å²) in [6.07, 6.45) is 3.60. The fourth-order valence-electron chi connectivity index (χ4n) is 2.09. The molecular formula is C15H30O5S2Si. The Morgan fingerprint density at radius 3 is 1.96 bits per heavy atom. The number of ether oxygens (including phenoxy) is 1. The summed E-state index contributed by atoms with van der Waals surface area (Å²) in [4.78, 5) is 10.7. The van der Waals surface area contributed by atoms with E-state index < -0.39 is 8.80 Å². The van der Waals surface area contributed by atoms with Crippen LogP contribution in [0.4, 0.5) is 0 Å². The van der Waals surface area contributed by atoms with Crippen molar-refractivity contribution in [2.75, 3.05) is 26.4 Å². The lowest BCUT2D eigenvalue weighted by Crippen LogP contribution is -2.46. The van der Waals surface area contributed by atoms with Gasteiger partial charge in [0.05, 0.1) is 6.61 Å². The fourth-order valence-corrected chi connectivity index (χ4v) is 5.06. The molecule has 0 saturated heterocycles. The van der Waals surface area contributed by atoms with Crippen LogP contribution < -0.4 is 0 Å². The summed E-state index contributed by atoms with van der Waals surface area (Å²) in [6.45, 7) is 8.11. The lowest BCUT2D eigenvalue weighted by molar-refractivity contribution is -0.110. The Bertz CT molecular complexity index is 325. The van der Waals surface area contributed by atoms with Crippen molar-refractivity contribution in [2.45, 2.75) is 58.9 Å². The molecule has 0 bridgehead atoms. The number of carbonyl (C=O) groups is 1. The molecule has 8 heteroatoms. The summed E-state index contributed by atoms with van der Waals surface area (Å²) >= 11 is 8.92. The van der Waals surface area contributed by atoms with Crippen LogP contribution in [-0.2, 0) is 22.8 Å². The lowest BCUT2D eigenvalue weighted by Gasteiger charge is -2.28. The molecule has 0 spiro atoms. The van der Waals surface area contributed by atoms with Gasteiger partial charge in [-0.05, 0) is 52.3 Å². The molecule has 0 aliphatic heterocycles. The second kappa shape index (κ2) is 14.4. The average molecular weight is 383 g/mol. The van der Waals surface area contributed by atoms with Gasteiger partial charge >= 0.3 is 8.80 Å². The van der Waals surface area contributed by atoms with Crippen LogP contribution in [0, 0.1) is 0 Å². The van der Waals surface area contributed by atoms with Gasteiger partial charge in [0.15, 0.2) is 10.2 Å². The maximum atomic E-state index is 10.7. The van der Waals surface area contributed by atoms with E-state index in [9.17, 15) is 4.79 Å². The van der Waals surface area contributed by atoms with E-state index in [1.54, 1.807) is 0 Å². The van der Waals surface area contributed by atoms with Crippen LogP contribution in [0.2, 0.25) is 6.04 Å². The maximum Gasteiger partial charge on any atom is 0.501 e. The molecule has 0 aromatic heterocycles. The highest BCUT2D eigenvalue weighted by molar-refractivity contribution is 7.96. The summed E-state index contributed by atoms with van der Waals surface area (Å²) in [6, 6.07) is 0.722. The standard InChI is InChI=1S/C15H30O5S2Si/c1-4-18-23(19-5-2,20-6-3)13-9-12-17-15(22)11-8-7-10-14(16)21/h4-13H2,1-3H3,(H,16,21). The monoisotopic (exact) mass is 382 g/mol. The Morgan fingerprint density at radius 2 is 1.48 bits per heavy atom. The Kier molecular flexibility index (Phi) is 14.4. The quantitative estimate of drug-likeness (QED) is 0.201. The Morgan fingerprint density at radius 1 is 0.957 bits per heavy atom. The van der Waals surface area contributed by atoms with Gasteiger partial charge < -0.3 is 18.0 Å². The third-order valence-corrected chi connectivity index (χ3v) is 6.70. The number of thiocarbonyl (C=S) groups is 1. The van der Waals surface area contributed by atoms with Crippen LogP contribution in [0.25, 0.3) is 0 Å². The molecule has 0 aromatic rings. The summed E-state index contributed by atoms with van der Waals surface area (Å²) in [5, 5.41) is 0.508. The number of thiol groups is 1. The SMILES string of the molecule is CCO[Si](CCCOC(=S)CCCCC(=O)S)(OCC)OCC. The molecule has 0 aliphatic carbocycles. The van der Waals surface area contributed by atoms with Crippen molar-refractivity contribution in [1.29, 1.82) is 0 Å². The van der Waals surface area contributed by atoms with Gasteiger partial charge in [-0.1, -0.05) is 0 Å². The highest BCUT2D eigenvalue weighted by Gasteiger charge is 2.39. The third kappa shape index (κ3) is 12.1. The Labute approximate surface area is 152 Å². The predicted octanol–water partition coefficient (Wildman–Crippen LogP) is 3.79. The van der Waals surface area contributed by atoms with E-state index in [0.717, 1.165) is 25.3 Å². The third-order valence-electron chi connectivity index (χ3n) is 3.00. The van der Waals surface area contributed by atoms with Gasteiger partial charge in [0, 0.05) is 38.7 Å². The van der Waals surface area contributed by atoms with E-state index >= 15 is 0 Å². The molecule has 23 heavy (non-hydrogen) atoms. The van der Waals surface area contributed by atoms with Crippen molar-refractivity contribution in [1.82, 2.24) is 0 Å². The molecule has 0 rings (SSSR count). The summed E-state index contributed by atoms with van der Waals surface area (Å²) < 4.78 is 22.9. The number of rotatable bonds is 15. The summed E-state index contributed by atoms with van der Waals surface area (Å²) in [5.41, 5.74) is 0. The van der Waals surface area contributed by atoms with Crippen molar-refractivity contribution < 1.29 is 22.8 Å². The number of carbonyl (C=O) groups excluding carboxylic acids is 1. The van der Waals surface area contributed by atoms with Crippen LogP contribution in [0.1, 0.15) is 52.9 Å². The number of unbranched alkanes of at least 4 members (excludes halogenated alkanes) is 1. The molecule has 0 unspecified atom stereocenters. The summed E-state index contributed by atoms with van der Waals surface area (Å²) in [5.74, 6) is 0. The second-order valence-electron chi connectivity index (χ2n) is 4.91. The second-order valence-corrected chi connectivity index (χ2v) is 8.59. The molecule has 0 amide bonds. The molecule has 0 saturated carbocycles. The molecule has 0 heterocycles. The maximum absolute atomic E-state index is 10.7. The number of hydrogen-bond acceptors (Lipinski definition) is 6. The minimum Gasteiger partial charge on any atom is -0.487 e. The van der Waals surface area contributed by atoms with E-state index in [4.69, 9.17) is 30.2 Å². The van der Waals surface area contributed by atoms with Crippen LogP contribution in [0.5, 0.6) is 0 Å². The van der Waals surface area contributed by atoms with Crippen molar-refractivity contribution in [2.24, 2.45) is 0 Å². The topological polar surface area (TPSA) is 54.0 Å².